The molecule has 1 heterocycles. The first kappa shape index (κ1) is 14.6. The van der Waals surface area contributed by atoms with Crippen molar-refractivity contribution in [1.29, 1.82) is 0 Å². The second kappa shape index (κ2) is 5.90. The Morgan fingerprint density at radius 2 is 1.09 bits per heavy atom. The van der Waals surface area contributed by atoms with Crippen LogP contribution in [-0.4, -0.2) is 5.25 Å². The lowest BCUT2D eigenvalue weighted by atomic mass is 9.73. The van der Waals surface area contributed by atoms with Crippen LogP contribution in [0.25, 0.3) is 0 Å². The third-order valence-corrected chi connectivity index (χ3v) is 6.58. The van der Waals surface area contributed by atoms with Gasteiger partial charge < -0.3 is 0 Å². The molecule has 0 spiro atoms. The first-order valence-corrected chi connectivity index (χ1v) is 9.04. The van der Waals surface area contributed by atoms with E-state index in [-0.39, 0.29) is 4.75 Å². The highest BCUT2D eigenvalue weighted by Gasteiger charge is 2.69. The average Bonchev–Trinajstić information content (AvgIpc) is 2.62. The summed E-state index contributed by atoms with van der Waals surface area (Å²) in [7, 11) is 0. The van der Waals surface area contributed by atoms with Crippen LogP contribution in [0.5, 0.6) is 0 Å². The van der Waals surface area contributed by atoms with Crippen molar-refractivity contribution in [1.82, 2.24) is 0 Å². The molecule has 4 rings (SSSR count). The van der Waals surface area contributed by atoms with Crippen LogP contribution >= 0.6 is 0 Å². The summed E-state index contributed by atoms with van der Waals surface area (Å²) in [6.45, 7) is 2.35. The number of hydrogen-bond acceptors (Lipinski definition) is 1. The largest absolute Gasteiger partial charge is 0.237 e. The summed E-state index contributed by atoms with van der Waals surface area (Å²) in [5.74, 6) is 0.499. The molecule has 1 heteroatoms. The van der Waals surface area contributed by atoms with Crippen LogP contribution in [0.4, 0.5) is 0 Å². The SMILES string of the molecule is C[C@H]1[S+]C(c2ccccc2)(c2ccccc2)[C@@H]1c1ccccc1. The molecule has 1 fully saturated rings. The summed E-state index contributed by atoms with van der Waals surface area (Å²) < 4.78 is 0.0172. The fourth-order valence-corrected chi connectivity index (χ4v) is 5.78. The van der Waals surface area contributed by atoms with E-state index in [1.54, 1.807) is 0 Å². The quantitative estimate of drug-likeness (QED) is 0.599. The first-order valence-electron chi connectivity index (χ1n) is 8.16. The van der Waals surface area contributed by atoms with Crippen LogP contribution in [0.2, 0.25) is 0 Å². The van der Waals surface area contributed by atoms with Crippen molar-refractivity contribution in [3.63, 3.8) is 0 Å². The lowest BCUT2D eigenvalue weighted by Gasteiger charge is -2.42. The van der Waals surface area contributed by atoms with E-state index in [1.165, 1.54) is 16.7 Å². The number of rotatable bonds is 3. The summed E-state index contributed by atoms with van der Waals surface area (Å²) in [6.07, 6.45) is 0. The topological polar surface area (TPSA) is 0 Å². The minimum Gasteiger partial charge on any atom is -0.0622 e. The van der Waals surface area contributed by atoms with Crippen LogP contribution in [0.1, 0.15) is 29.5 Å². The van der Waals surface area contributed by atoms with E-state index < -0.39 is 0 Å². The van der Waals surface area contributed by atoms with Gasteiger partial charge in [0.25, 0.3) is 0 Å². The molecule has 0 unspecified atom stereocenters. The normalized spacial score (nSPS) is 22.3. The minimum atomic E-state index is 0.0172. The van der Waals surface area contributed by atoms with Crippen molar-refractivity contribution in [2.75, 3.05) is 0 Å². The molecule has 0 amide bonds. The van der Waals surface area contributed by atoms with E-state index >= 15 is 0 Å². The molecular formula is C22H20S+. The van der Waals surface area contributed by atoms with E-state index in [9.17, 15) is 0 Å². The van der Waals surface area contributed by atoms with Crippen LogP contribution in [0, 0.1) is 0 Å². The van der Waals surface area contributed by atoms with E-state index in [4.69, 9.17) is 0 Å². The number of benzene rings is 3. The number of thioether (sulfide) groups is 1. The maximum atomic E-state index is 2.35. The number of hydrogen-bond donors (Lipinski definition) is 0. The summed E-state index contributed by atoms with van der Waals surface area (Å²) >= 11 is 2.09. The molecule has 23 heavy (non-hydrogen) atoms. The molecule has 0 bridgehead atoms. The summed E-state index contributed by atoms with van der Waals surface area (Å²) in [5.41, 5.74) is 4.25. The van der Waals surface area contributed by atoms with Gasteiger partial charge in [-0.2, -0.15) is 0 Å². The lowest BCUT2D eigenvalue weighted by molar-refractivity contribution is 0.495. The molecule has 0 saturated carbocycles. The first-order chi connectivity index (χ1) is 11.3. The second-order valence-corrected chi connectivity index (χ2v) is 7.80. The van der Waals surface area contributed by atoms with Gasteiger partial charge in [-0.25, -0.2) is 0 Å². The van der Waals surface area contributed by atoms with Gasteiger partial charge in [-0.05, 0) is 12.5 Å². The van der Waals surface area contributed by atoms with Crippen molar-refractivity contribution in [2.45, 2.75) is 22.8 Å². The van der Waals surface area contributed by atoms with Crippen molar-refractivity contribution in [3.05, 3.63) is 108 Å². The predicted octanol–water partition coefficient (Wildman–Crippen LogP) is 5.20. The van der Waals surface area contributed by atoms with Crippen LogP contribution < -0.4 is 0 Å². The molecule has 1 radical (unpaired) electrons. The van der Waals surface area contributed by atoms with E-state index in [1.807, 2.05) is 0 Å². The average molecular weight is 316 g/mol. The molecule has 0 nitrogen and oxygen atoms in total. The highest BCUT2D eigenvalue weighted by molar-refractivity contribution is 7.82. The van der Waals surface area contributed by atoms with Gasteiger partial charge in [-0.3, -0.25) is 0 Å². The third kappa shape index (κ3) is 2.31. The van der Waals surface area contributed by atoms with E-state index in [2.05, 4.69) is 110 Å². The molecule has 0 N–H and O–H groups in total. The molecule has 3 aromatic carbocycles. The summed E-state index contributed by atoms with van der Waals surface area (Å²) in [6, 6.07) is 32.9. The molecule has 1 saturated heterocycles. The lowest BCUT2D eigenvalue weighted by Crippen LogP contribution is -2.54. The zero-order valence-electron chi connectivity index (χ0n) is 13.2. The Morgan fingerprint density at radius 3 is 1.52 bits per heavy atom. The smallest absolute Gasteiger partial charge is 0.0622 e. The zero-order chi connectivity index (χ0) is 15.7. The summed E-state index contributed by atoms with van der Waals surface area (Å²) in [5, 5.41) is 0.609. The van der Waals surface area contributed by atoms with Gasteiger partial charge in [0.05, 0.1) is 0 Å². The standard InChI is InChI=1S/C22H20S/c1-17-21(18-11-5-2-6-12-18)22(23-17,19-13-7-3-8-14-19)20-15-9-4-10-16-20/h2-17,21H,1H3/q+1/t17-,21+/m1/s1. The maximum absolute atomic E-state index is 2.35. The van der Waals surface area contributed by atoms with Crippen molar-refractivity contribution < 1.29 is 0 Å². The highest BCUT2D eigenvalue weighted by Crippen LogP contribution is 2.57. The van der Waals surface area contributed by atoms with Gasteiger partial charge in [-0.1, -0.05) is 91.0 Å². The fourth-order valence-electron chi connectivity index (χ4n) is 3.89. The van der Waals surface area contributed by atoms with Gasteiger partial charge in [-0.15, -0.1) is 0 Å². The monoisotopic (exact) mass is 316 g/mol. The molecule has 1 aliphatic rings. The highest BCUT2D eigenvalue weighted by atomic mass is 32.2. The van der Waals surface area contributed by atoms with Gasteiger partial charge in [0.2, 0.25) is 16.5 Å². The minimum absolute atomic E-state index is 0.0172. The summed E-state index contributed by atoms with van der Waals surface area (Å²) in [4.78, 5) is 0. The van der Waals surface area contributed by atoms with E-state index in [0.717, 1.165) is 0 Å². The Bertz CT molecular complexity index is 725. The molecule has 0 aromatic heterocycles. The Balaban J connectivity index is 1.91. The Labute approximate surface area is 142 Å². The fraction of sp³-hybridized carbons (Fsp3) is 0.182. The molecule has 0 aliphatic carbocycles. The Kier molecular flexibility index (Phi) is 3.74. The van der Waals surface area contributed by atoms with Gasteiger partial charge in [0, 0.05) is 11.1 Å². The predicted molar refractivity (Wildman–Crippen MR) is 99.7 cm³/mol. The molecule has 2 atom stereocenters. The Hall–Kier alpha value is -1.99. The van der Waals surface area contributed by atoms with Gasteiger partial charge >= 0.3 is 0 Å². The van der Waals surface area contributed by atoms with Crippen molar-refractivity contribution in [3.8, 4) is 0 Å². The van der Waals surface area contributed by atoms with Crippen LogP contribution in [0.15, 0.2) is 91.0 Å². The van der Waals surface area contributed by atoms with Crippen molar-refractivity contribution >= 4 is 11.8 Å². The Morgan fingerprint density at radius 1 is 0.652 bits per heavy atom. The van der Waals surface area contributed by atoms with E-state index in [0.29, 0.717) is 11.2 Å². The third-order valence-electron chi connectivity index (χ3n) is 4.84. The van der Waals surface area contributed by atoms with Gasteiger partial charge in [0.1, 0.15) is 5.92 Å². The van der Waals surface area contributed by atoms with Crippen LogP contribution in [0.3, 0.4) is 0 Å². The maximum Gasteiger partial charge on any atom is 0.237 e. The van der Waals surface area contributed by atoms with Crippen molar-refractivity contribution in [2.24, 2.45) is 0 Å². The van der Waals surface area contributed by atoms with Gasteiger partial charge in [0.15, 0.2) is 5.25 Å². The second-order valence-electron chi connectivity index (χ2n) is 6.18. The van der Waals surface area contributed by atoms with Crippen LogP contribution in [-0.2, 0) is 16.5 Å². The molecule has 113 valence electrons. The molecular weight excluding hydrogens is 296 g/mol. The molecule has 3 aromatic rings. The zero-order valence-corrected chi connectivity index (χ0v) is 14.0. The molecule has 1 aliphatic heterocycles.